The third-order valence-corrected chi connectivity index (χ3v) is 7.27. The van der Waals surface area contributed by atoms with Crippen molar-refractivity contribution in [3.05, 3.63) is 72.1 Å². The van der Waals surface area contributed by atoms with E-state index in [1.54, 1.807) is 49.0 Å². The number of benzene rings is 2. The molecule has 0 aliphatic heterocycles. The summed E-state index contributed by atoms with van der Waals surface area (Å²) in [6, 6.07) is 15.6. The van der Waals surface area contributed by atoms with Gasteiger partial charge in [-0.05, 0) is 36.8 Å². The number of hydrogen-bond acceptors (Lipinski definition) is 5. The van der Waals surface area contributed by atoms with Crippen molar-refractivity contribution < 1.29 is 17.9 Å². The standard InChI is InChI=1S/C23H28N4O4S/c1-5-26(6-2)32(29,30)20-14-12-18(13-15-20)17(3)24-23(28)22-21(31-4)16-27(25-22)19-10-8-7-9-11-19/h7-17H,5-6H2,1-4H3,(H,24,28)/t17-/m0/s1. The van der Waals surface area contributed by atoms with Crippen LogP contribution in [0.15, 0.2) is 65.7 Å². The minimum Gasteiger partial charge on any atom is -0.493 e. The van der Waals surface area contributed by atoms with Gasteiger partial charge in [-0.2, -0.15) is 9.40 Å². The Morgan fingerprint density at radius 2 is 1.72 bits per heavy atom. The Morgan fingerprint density at radius 3 is 2.28 bits per heavy atom. The number of carbonyl (C=O) groups is 1. The van der Waals surface area contributed by atoms with Gasteiger partial charge in [-0.1, -0.05) is 44.2 Å². The Bertz CT molecular complexity index is 1150. The summed E-state index contributed by atoms with van der Waals surface area (Å²) in [4.78, 5) is 13.1. The topological polar surface area (TPSA) is 93.5 Å². The van der Waals surface area contributed by atoms with E-state index in [1.807, 2.05) is 37.3 Å². The van der Waals surface area contributed by atoms with Crippen LogP contribution in [0.5, 0.6) is 5.75 Å². The molecule has 0 bridgehead atoms. The molecule has 9 heteroatoms. The summed E-state index contributed by atoms with van der Waals surface area (Å²) in [6.45, 7) is 6.25. The number of methoxy groups -OCH3 is 1. The molecule has 0 radical (unpaired) electrons. The lowest BCUT2D eigenvalue weighted by Crippen LogP contribution is -2.30. The number of sulfonamides is 1. The molecule has 1 aromatic heterocycles. The highest BCUT2D eigenvalue weighted by molar-refractivity contribution is 7.89. The molecule has 0 fully saturated rings. The van der Waals surface area contributed by atoms with Crippen LogP contribution >= 0.6 is 0 Å². The lowest BCUT2D eigenvalue weighted by Gasteiger charge is -2.19. The van der Waals surface area contributed by atoms with Gasteiger partial charge in [0.2, 0.25) is 10.0 Å². The first-order valence-corrected chi connectivity index (χ1v) is 11.9. The highest BCUT2D eigenvalue weighted by Gasteiger charge is 2.23. The molecule has 0 saturated heterocycles. The molecule has 3 aromatic rings. The molecule has 1 amide bonds. The van der Waals surface area contributed by atoms with E-state index in [1.165, 1.54) is 11.4 Å². The van der Waals surface area contributed by atoms with Crippen molar-refractivity contribution in [3.63, 3.8) is 0 Å². The molecule has 1 atom stereocenters. The molecule has 0 spiro atoms. The molecular formula is C23H28N4O4S. The van der Waals surface area contributed by atoms with Crippen molar-refractivity contribution in [1.29, 1.82) is 0 Å². The van der Waals surface area contributed by atoms with Crippen LogP contribution in [0.4, 0.5) is 0 Å². The van der Waals surface area contributed by atoms with Gasteiger partial charge in [0.05, 0.1) is 29.9 Å². The van der Waals surface area contributed by atoms with E-state index in [0.29, 0.717) is 18.8 Å². The van der Waals surface area contributed by atoms with Crippen molar-refractivity contribution in [3.8, 4) is 11.4 Å². The van der Waals surface area contributed by atoms with Gasteiger partial charge in [-0.3, -0.25) is 4.79 Å². The summed E-state index contributed by atoms with van der Waals surface area (Å²) < 4.78 is 33.7. The van der Waals surface area contributed by atoms with E-state index in [2.05, 4.69) is 10.4 Å². The summed E-state index contributed by atoms with van der Waals surface area (Å²) in [5.74, 6) is -0.0249. The van der Waals surface area contributed by atoms with Crippen LogP contribution in [0.2, 0.25) is 0 Å². The fraction of sp³-hybridized carbons (Fsp3) is 0.304. The van der Waals surface area contributed by atoms with Crippen LogP contribution in [0.3, 0.4) is 0 Å². The summed E-state index contributed by atoms with van der Waals surface area (Å²) in [6.07, 6.45) is 1.65. The number of ether oxygens (including phenoxy) is 1. The maximum Gasteiger partial charge on any atom is 0.276 e. The first-order valence-electron chi connectivity index (χ1n) is 10.4. The average molecular weight is 457 g/mol. The zero-order valence-corrected chi connectivity index (χ0v) is 19.5. The summed E-state index contributed by atoms with van der Waals surface area (Å²) >= 11 is 0. The summed E-state index contributed by atoms with van der Waals surface area (Å²) in [7, 11) is -2.04. The zero-order valence-electron chi connectivity index (χ0n) is 18.6. The molecule has 32 heavy (non-hydrogen) atoms. The average Bonchev–Trinajstić information content (AvgIpc) is 3.25. The molecule has 8 nitrogen and oxygen atoms in total. The van der Waals surface area contributed by atoms with E-state index in [0.717, 1.165) is 11.3 Å². The van der Waals surface area contributed by atoms with E-state index in [-0.39, 0.29) is 22.5 Å². The molecule has 1 N–H and O–H groups in total. The second-order valence-electron chi connectivity index (χ2n) is 7.18. The third kappa shape index (κ3) is 4.84. The van der Waals surface area contributed by atoms with Gasteiger partial charge in [0.1, 0.15) is 0 Å². The highest BCUT2D eigenvalue weighted by Crippen LogP contribution is 2.22. The molecule has 1 heterocycles. The number of amides is 1. The van der Waals surface area contributed by atoms with Crippen molar-refractivity contribution in [2.24, 2.45) is 0 Å². The normalized spacial score (nSPS) is 12.5. The van der Waals surface area contributed by atoms with Gasteiger partial charge in [0.15, 0.2) is 11.4 Å². The van der Waals surface area contributed by atoms with Crippen LogP contribution in [0, 0.1) is 0 Å². The number of nitrogens with zero attached hydrogens (tertiary/aromatic N) is 3. The van der Waals surface area contributed by atoms with Crippen molar-refractivity contribution in [1.82, 2.24) is 19.4 Å². The molecule has 170 valence electrons. The van der Waals surface area contributed by atoms with E-state index < -0.39 is 10.0 Å². The third-order valence-electron chi connectivity index (χ3n) is 5.21. The number of carbonyl (C=O) groups excluding carboxylic acids is 1. The number of hydrogen-bond donors (Lipinski definition) is 1. The number of aromatic nitrogens is 2. The largest absolute Gasteiger partial charge is 0.493 e. The second-order valence-corrected chi connectivity index (χ2v) is 9.12. The molecule has 0 saturated carbocycles. The summed E-state index contributed by atoms with van der Waals surface area (Å²) in [5.41, 5.74) is 1.75. The SMILES string of the molecule is CCN(CC)S(=O)(=O)c1ccc([C@H](C)NC(=O)c2nn(-c3ccccc3)cc2OC)cc1. The lowest BCUT2D eigenvalue weighted by atomic mass is 10.1. The van der Waals surface area contributed by atoms with E-state index >= 15 is 0 Å². The first-order chi connectivity index (χ1) is 15.3. The van der Waals surface area contributed by atoms with Crippen LogP contribution in [0.1, 0.15) is 42.9 Å². The van der Waals surface area contributed by atoms with Crippen molar-refractivity contribution in [2.45, 2.75) is 31.7 Å². The van der Waals surface area contributed by atoms with Gasteiger partial charge in [0, 0.05) is 13.1 Å². The minimum absolute atomic E-state index is 0.170. The minimum atomic E-state index is -3.53. The van der Waals surface area contributed by atoms with Crippen molar-refractivity contribution in [2.75, 3.05) is 20.2 Å². The van der Waals surface area contributed by atoms with Gasteiger partial charge in [-0.15, -0.1) is 0 Å². The molecule has 0 aliphatic carbocycles. The predicted octanol–water partition coefficient (Wildman–Crippen LogP) is 3.40. The summed E-state index contributed by atoms with van der Waals surface area (Å²) in [5, 5.41) is 7.28. The highest BCUT2D eigenvalue weighted by atomic mass is 32.2. The van der Waals surface area contributed by atoms with Gasteiger partial charge in [-0.25, -0.2) is 13.1 Å². The number of nitrogens with one attached hydrogen (secondary N) is 1. The Morgan fingerprint density at radius 1 is 1.09 bits per heavy atom. The number of para-hydroxylation sites is 1. The van der Waals surface area contributed by atoms with Crippen LogP contribution < -0.4 is 10.1 Å². The Kier molecular flexibility index (Phi) is 7.32. The maximum absolute atomic E-state index is 12.9. The predicted molar refractivity (Wildman–Crippen MR) is 123 cm³/mol. The Labute approximate surface area is 188 Å². The van der Waals surface area contributed by atoms with Gasteiger partial charge >= 0.3 is 0 Å². The van der Waals surface area contributed by atoms with Crippen LogP contribution in [-0.2, 0) is 10.0 Å². The smallest absolute Gasteiger partial charge is 0.276 e. The molecular weight excluding hydrogens is 428 g/mol. The van der Waals surface area contributed by atoms with Crippen LogP contribution in [-0.4, -0.2) is 48.6 Å². The Balaban J connectivity index is 1.77. The number of rotatable bonds is 9. The maximum atomic E-state index is 12.9. The Hall–Kier alpha value is -3.17. The molecule has 0 unspecified atom stereocenters. The van der Waals surface area contributed by atoms with Gasteiger partial charge in [0.25, 0.3) is 5.91 Å². The van der Waals surface area contributed by atoms with Crippen molar-refractivity contribution >= 4 is 15.9 Å². The first kappa shape index (κ1) is 23.5. The van der Waals surface area contributed by atoms with E-state index in [9.17, 15) is 13.2 Å². The fourth-order valence-electron chi connectivity index (χ4n) is 3.37. The fourth-order valence-corrected chi connectivity index (χ4v) is 4.83. The van der Waals surface area contributed by atoms with Crippen LogP contribution in [0.25, 0.3) is 5.69 Å². The molecule has 2 aromatic carbocycles. The molecule has 3 rings (SSSR count). The molecule has 0 aliphatic rings. The lowest BCUT2D eigenvalue weighted by molar-refractivity contribution is 0.0931. The monoisotopic (exact) mass is 456 g/mol. The van der Waals surface area contributed by atoms with E-state index in [4.69, 9.17) is 4.74 Å². The zero-order chi connectivity index (χ0) is 23.3. The van der Waals surface area contributed by atoms with Gasteiger partial charge < -0.3 is 10.1 Å². The quantitative estimate of drug-likeness (QED) is 0.533. The second kappa shape index (κ2) is 9.97.